The van der Waals surface area contributed by atoms with Crippen molar-refractivity contribution in [3.63, 3.8) is 0 Å². The minimum absolute atomic E-state index is 0.0182. The van der Waals surface area contributed by atoms with Crippen molar-refractivity contribution in [3.05, 3.63) is 70.5 Å². The van der Waals surface area contributed by atoms with Crippen molar-refractivity contribution in [2.45, 2.75) is 55.5 Å². The lowest BCUT2D eigenvalue weighted by molar-refractivity contribution is -0.140. The van der Waals surface area contributed by atoms with Crippen molar-refractivity contribution >= 4 is 11.8 Å². The molecule has 2 fully saturated rings. The molecule has 2 amide bonds. The van der Waals surface area contributed by atoms with Crippen molar-refractivity contribution in [2.75, 3.05) is 20.1 Å². The van der Waals surface area contributed by atoms with Crippen LogP contribution in [-0.2, 0) is 33.8 Å². The van der Waals surface area contributed by atoms with Gasteiger partial charge in [-0.05, 0) is 61.7 Å². The standard InChI is InChI=1S/C26H26F7N3O2/c1-34-18-8-11-36(14-18)22(37)21(12-15-2-4-16(5-3-15)25(28,29)30)35-23(38)24(9-10-24)19-7-6-17(27)13-20(19)26(31,32)33/h2-7,13,18,21,34H,8-12,14H2,1H3,(H,35,38)/t18-,21-/m0/s1. The Hall–Kier alpha value is -3.15. The molecule has 2 aromatic rings. The van der Waals surface area contributed by atoms with Crippen LogP contribution in [0.25, 0.3) is 0 Å². The Morgan fingerprint density at radius 2 is 1.68 bits per heavy atom. The first-order valence-electron chi connectivity index (χ1n) is 12.0. The van der Waals surface area contributed by atoms with Gasteiger partial charge in [0, 0.05) is 25.6 Å². The van der Waals surface area contributed by atoms with E-state index in [4.69, 9.17) is 0 Å². The van der Waals surface area contributed by atoms with Gasteiger partial charge in [0.25, 0.3) is 0 Å². The minimum atomic E-state index is -4.90. The van der Waals surface area contributed by atoms with Crippen LogP contribution in [0.1, 0.15) is 41.5 Å². The Morgan fingerprint density at radius 1 is 1.03 bits per heavy atom. The maximum Gasteiger partial charge on any atom is 0.416 e. The van der Waals surface area contributed by atoms with Crippen LogP contribution in [0.3, 0.4) is 0 Å². The molecular formula is C26H26F7N3O2. The molecule has 2 atom stereocenters. The number of hydrogen-bond acceptors (Lipinski definition) is 3. The van der Waals surface area contributed by atoms with Crippen molar-refractivity contribution in [1.82, 2.24) is 15.5 Å². The van der Waals surface area contributed by atoms with Crippen LogP contribution in [0.2, 0.25) is 0 Å². The Kier molecular flexibility index (Phi) is 7.48. The topological polar surface area (TPSA) is 61.4 Å². The van der Waals surface area contributed by atoms with E-state index in [1.54, 1.807) is 7.05 Å². The zero-order valence-corrected chi connectivity index (χ0v) is 20.3. The fourth-order valence-corrected chi connectivity index (χ4v) is 4.89. The predicted octanol–water partition coefficient (Wildman–Crippen LogP) is 4.44. The van der Waals surface area contributed by atoms with Crippen LogP contribution in [0.4, 0.5) is 30.7 Å². The summed E-state index contributed by atoms with van der Waals surface area (Å²) in [6, 6.07) is 5.06. The van der Waals surface area contributed by atoms with Crippen molar-refractivity contribution < 1.29 is 40.3 Å². The van der Waals surface area contributed by atoms with E-state index < -0.39 is 52.6 Å². The number of amides is 2. The van der Waals surface area contributed by atoms with Crippen LogP contribution in [0.15, 0.2) is 42.5 Å². The number of likely N-dealkylation sites (N-methyl/N-ethyl adjacent to an activating group) is 1. The van der Waals surface area contributed by atoms with E-state index in [0.29, 0.717) is 31.1 Å². The van der Waals surface area contributed by atoms with Gasteiger partial charge in [-0.15, -0.1) is 0 Å². The van der Waals surface area contributed by atoms with Crippen molar-refractivity contribution in [2.24, 2.45) is 0 Å². The zero-order valence-electron chi connectivity index (χ0n) is 20.3. The maximum atomic E-state index is 13.7. The largest absolute Gasteiger partial charge is 0.416 e. The first-order chi connectivity index (χ1) is 17.7. The number of likely N-dealkylation sites (tertiary alicyclic amines) is 1. The van der Waals surface area contributed by atoms with Gasteiger partial charge >= 0.3 is 12.4 Å². The van der Waals surface area contributed by atoms with Crippen molar-refractivity contribution in [3.8, 4) is 0 Å². The van der Waals surface area contributed by atoms with Crippen molar-refractivity contribution in [1.29, 1.82) is 0 Å². The molecule has 1 aliphatic carbocycles. The van der Waals surface area contributed by atoms with Gasteiger partial charge in [0.1, 0.15) is 11.9 Å². The quantitative estimate of drug-likeness (QED) is 0.506. The molecule has 2 aromatic carbocycles. The lowest BCUT2D eigenvalue weighted by Crippen LogP contribution is -2.52. The third kappa shape index (κ3) is 5.79. The van der Waals surface area contributed by atoms with E-state index in [0.717, 1.165) is 24.3 Å². The van der Waals surface area contributed by atoms with E-state index in [2.05, 4.69) is 10.6 Å². The van der Waals surface area contributed by atoms with E-state index in [9.17, 15) is 40.3 Å². The monoisotopic (exact) mass is 545 g/mol. The second-order valence-corrected chi connectivity index (χ2v) is 9.75. The highest BCUT2D eigenvalue weighted by Crippen LogP contribution is 2.52. The number of nitrogens with one attached hydrogen (secondary N) is 2. The van der Waals surface area contributed by atoms with Gasteiger partial charge in [-0.2, -0.15) is 26.3 Å². The van der Waals surface area contributed by atoms with Gasteiger partial charge < -0.3 is 15.5 Å². The van der Waals surface area contributed by atoms with Crippen LogP contribution < -0.4 is 10.6 Å². The highest BCUT2D eigenvalue weighted by molar-refractivity contribution is 5.95. The van der Waals surface area contributed by atoms with Crippen LogP contribution in [0, 0.1) is 5.82 Å². The Morgan fingerprint density at radius 3 is 2.21 bits per heavy atom. The molecule has 1 saturated heterocycles. The molecule has 0 spiro atoms. The molecule has 206 valence electrons. The molecule has 1 saturated carbocycles. The number of alkyl halides is 6. The number of hydrogen-bond donors (Lipinski definition) is 2. The summed E-state index contributed by atoms with van der Waals surface area (Å²) < 4.78 is 93.6. The molecule has 0 bridgehead atoms. The predicted molar refractivity (Wildman–Crippen MR) is 123 cm³/mol. The summed E-state index contributed by atoms with van der Waals surface area (Å²) in [7, 11) is 1.73. The first-order valence-corrected chi connectivity index (χ1v) is 12.0. The Balaban J connectivity index is 1.61. The molecule has 4 rings (SSSR count). The molecule has 1 heterocycles. The van der Waals surface area contributed by atoms with Gasteiger partial charge in [-0.25, -0.2) is 4.39 Å². The average Bonchev–Trinajstić information content (AvgIpc) is 3.52. The number of nitrogens with zero attached hydrogens (tertiary/aromatic N) is 1. The highest BCUT2D eigenvalue weighted by atomic mass is 19.4. The molecule has 2 N–H and O–H groups in total. The molecule has 2 aliphatic rings. The van der Waals surface area contributed by atoms with E-state index in [1.165, 1.54) is 17.0 Å². The van der Waals surface area contributed by atoms with Gasteiger partial charge in [0.2, 0.25) is 11.8 Å². The van der Waals surface area contributed by atoms with Gasteiger partial charge in [0.15, 0.2) is 0 Å². The summed E-state index contributed by atoms with van der Waals surface area (Å²) in [6.07, 6.45) is -8.82. The minimum Gasteiger partial charge on any atom is -0.343 e. The molecule has 12 heteroatoms. The molecule has 0 unspecified atom stereocenters. The summed E-state index contributed by atoms with van der Waals surface area (Å²) in [6.45, 7) is 0.723. The van der Waals surface area contributed by atoms with E-state index in [1.807, 2.05) is 0 Å². The Bertz CT molecular complexity index is 1190. The van der Waals surface area contributed by atoms with Crippen LogP contribution in [-0.4, -0.2) is 48.9 Å². The summed E-state index contributed by atoms with van der Waals surface area (Å²) in [4.78, 5) is 28.3. The number of carbonyl (C=O) groups excluding carboxylic acids is 2. The summed E-state index contributed by atoms with van der Waals surface area (Å²) in [5.41, 5.74) is -3.76. The van der Waals surface area contributed by atoms with E-state index in [-0.39, 0.29) is 30.9 Å². The van der Waals surface area contributed by atoms with E-state index >= 15 is 0 Å². The molecule has 5 nitrogen and oxygen atoms in total. The first kappa shape index (κ1) is 27.9. The summed E-state index contributed by atoms with van der Waals surface area (Å²) in [5.74, 6) is -2.40. The zero-order chi connectivity index (χ0) is 27.9. The molecule has 38 heavy (non-hydrogen) atoms. The molecule has 0 radical (unpaired) electrons. The number of carbonyl (C=O) groups is 2. The molecule has 0 aromatic heterocycles. The second-order valence-electron chi connectivity index (χ2n) is 9.75. The van der Waals surface area contributed by atoms with Crippen LogP contribution >= 0.6 is 0 Å². The SMILES string of the molecule is CN[C@H]1CCN(C(=O)[C@H](Cc2ccc(C(F)(F)F)cc2)NC(=O)C2(c3ccc(F)cc3C(F)(F)F)CC2)C1. The summed E-state index contributed by atoms with van der Waals surface area (Å²) >= 11 is 0. The fraction of sp³-hybridized carbons (Fsp3) is 0.462. The second kappa shape index (κ2) is 10.2. The average molecular weight is 545 g/mol. The van der Waals surface area contributed by atoms with Gasteiger partial charge in [-0.1, -0.05) is 18.2 Å². The number of rotatable bonds is 7. The molecule has 1 aliphatic heterocycles. The smallest absolute Gasteiger partial charge is 0.343 e. The highest BCUT2D eigenvalue weighted by Gasteiger charge is 2.55. The van der Waals surface area contributed by atoms with Gasteiger partial charge in [0.05, 0.1) is 16.5 Å². The third-order valence-corrected chi connectivity index (χ3v) is 7.22. The van der Waals surface area contributed by atoms with Crippen LogP contribution in [0.5, 0.6) is 0 Å². The number of halogens is 7. The fourth-order valence-electron chi connectivity index (χ4n) is 4.89. The normalized spacial score (nSPS) is 19.8. The Labute approximate surface area is 214 Å². The number of benzene rings is 2. The lowest BCUT2D eigenvalue weighted by Gasteiger charge is -2.27. The summed E-state index contributed by atoms with van der Waals surface area (Å²) in [5, 5.41) is 5.63. The third-order valence-electron chi connectivity index (χ3n) is 7.22. The van der Waals surface area contributed by atoms with Gasteiger partial charge in [-0.3, -0.25) is 9.59 Å². The maximum absolute atomic E-state index is 13.7. The molecular weight excluding hydrogens is 519 g/mol. The lowest BCUT2D eigenvalue weighted by atomic mass is 9.89.